The van der Waals surface area contributed by atoms with Crippen molar-refractivity contribution < 1.29 is 4.79 Å². The molecule has 1 aromatic rings. The fourth-order valence-corrected chi connectivity index (χ4v) is 1.78. The van der Waals surface area contributed by atoms with Gasteiger partial charge in [-0.1, -0.05) is 18.5 Å². The first-order chi connectivity index (χ1) is 8.69. The van der Waals surface area contributed by atoms with E-state index in [4.69, 9.17) is 11.6 Å². The van der Waals surface area contributed by atoms with Crippen LogP contribution in [-0.2, 0) is 11.2 Å². The van der Waals surface area contributed by atoms with Crippen LogP contribution in [0.25, 0.3) is 0 Å². The number of nitrogens with one attached hydrogen (secondary N) is 2. The second-order valence-electron chi connectivity index (χ2n) is 4.34. The number of hydrogen-bond acceptors (Lipinski definition) is 4. The first-order valence-corrected chi connectivity index (χ1v) is 6.62. The summed E-state index contributed by atoms with van der Waals surface area (Å²) < 4.78 is 0. The third-order valence-corrected chi connectivity index (χ3v) is 2.93. The molecule has 98 valence electrons. The molecule has 0 radical (unpaired) electrons. The maximum absolute atomic E-state index is 11.4. The fraction of sp³-hybridized carbons (Fsp3) is 0.583. The van der Waals surface area contributed by atoms with Crippen molar-refractivity contribution in [2.45, 2.75) is 26.2 Å². The lowest BCUT2D eigenvalue weighted by molar-refractivity contribution is -0.122. The van der Waals surface area contributed by atoms with E-state index in [1.54, 1.807) is 6.07 Å². The van der Waals surface area contributed by atoms with Crippen LogP contribution in [-0.4, -0.2) is 29.0 Å². The molecule has 0 bridgehead atoms. The Labute approximate surface area is 111 Å². The van der Waals surface area contributed by atoms with Gasteiger partial charge < -0.3 is 10.6 Å². The van der Waals surface area contributed by atoms with E-state index >= 15 is 0 Å². The zero-order valence-corrected chi connectivity index (χ0v) is 11.1. The van der Waals surface area contributed by atoms with Crippen molar-refractivity contribution in [1.82, 2.24) is 15.3 Å². The third kappa shape index (κ3) is 3.84. The number of rotatable bonds is 6. The molecule has 0 atom stereocenters. The lowest BCUT2D eigenvalue weighted by Crippen LogP contribution is -2.30. The summed E-state index contributed by atoms with van der Waals surface area (Å²) in [5.74, 6) is 1.83. The summed E-state index contributed by atoms with van der Waals surface area (Å²) in [7, 11) is 0. The number of aromatic nitrogens is 2. The molecule has 1 fully saturated rings. The summed E-state index contributed by atoms with van der Waals surface area (Å²) in [6.45, 7) is 3.21. The van der Waals surface area contributed by atoms with Crippen molar-refractivity contribution in [3.63, 3.8) is 0 Å². The first kappa shape index (κ1) is 13.1. The Morgan fingerprint density at radius 3 is 2.89 bits per heavy atom. The number of nitrogens with zero attached hydrogens (tertiary/aromatic N) is 2. The van der Waals surface area contributed by atoms with E-state index in [0.29, 0.717) is 29.9 Å². The van der Waals surface area contributed by atoms with Crippen LogP contribution in [0.2, 0.25) is 5.15 Å². The molecular formula is C12H17ClN4O. The molecule has 0 unspecified atom stereocenters. The molecule has 1 saturated carbocycles. The van der Waals surface area contributed by atoms with Gasteiger partial charge in [-0.3, -0.25) is 4.79 Å². The van der Waals surface area contributed by atoms with E-state index in [1.165, 1.54) is 0 Å². The molecule has 1 aromatic heterocycles. The molecule has 1 aliphatic carbocycles. The van der Waals surface area contributed by atoms with Gasteiger partial charge in [0.05, 0.1) is 0 Å². The Hall–Kier alpha value is -1.36. The van der Waals surface area contributed by atoms with Gasteiger partial charge in [0.25, 0.3) is 0 Å². The highest BCUT2D eigenvalue weighted by Crippen LogP contribution is 2.28. The van der Waals surface area contributed by atoms with Crippen LogP contribution in [0.15, 0.2) is 6.07 Å². The minimum atomic E-state index is 0.159. The largest absolute Gasteiger partial charge is 0.368 e. The van der Waals surface area contributed by atoms with E-state index in [-0.39, 0.29) is 11.8 Å². The molecule has 0 aliphatic heterocycles. The zero-order chi connectivity index (χ0) is 13.0. The summed E-state index contributed by atoms with van der Waals surface area (Å²) in [6, 6.07) is 1.68. The van der Waals surface area contributed by atoms with E-state index < -0.39 is 0 Å². The Balaban J connectivity index is 1.75. The summed E-state index contributed by atoms with van der Waals surface area (Å²) in [6.07, 6.45) is 2.80. The molecule has 0 saturated heterocycles. The SMILES string of the molecule is CCc1nc(Cl)cc(NCCNC(=O)C2CC2)n1. The normalized spacial score (nSPS) is 14.3. The standard InChI is InChI=1S/C12H17ClN4O/c1-2-10-16-9(13)7-11(17-10)14-5-6-15-12(18)8-3-4-8/h7-8H,2-6H2,1H3,(H,15,18)(H,14,16,17). The molecule has 2 rings (SSSR count). The molecule has 5 nitrogen and oxygen atoms in total. The Morgan fingerprint density at radius 2 is 2.22 bits per heavy atom. The average molecular weight is 269 g/mol. The van der Waals surface area contributed by atoms with E-state index in [0.717, 1.165) is 19.3 Å². The number of hydrogen-bond donors (Lipinski definition) is 2. The molecule has 18 heavy (non-hydrogen) atoms. The van der Waals surface area contributed by atoms with Crippen molar-refractivity contribution in [3.8, 4) is 0 Å². The highest BCUT2D eigenvalue weighted by molar-refractivity contribution is 6.29. The Bertz CT molecular complexity index is 434. The fourth-order valence-electron chi connectivity index (χ4n) is 1.58. The predicted molar refractivity (Wildman–Crippen MR) is 70.6 cm³/mol. The summed E-state index contributed by atoms with van der Waals surface area (Å²) in [5, 5.41) is 6.44. The zero-order valence-electron chi connectivity index (χ0n) is 10.4. The van der Waals surface area contributed by atoms with Crippen LogP contribution in [0.5, 0.6) is 0 Å². The highest BCUT2D eigenvalue weighted by atomic mass is 35.5. The number of carbonyl (C=O) groups excluding carboxylic acids is 1. The van der Waals surface area contributed by atoms with Crippen LogP contribution >= 0.6 is 11.6 Å². The van der Waals surface area contributed by atoms with E-state index in [9.17, 15) is 4.79 Å². The molecular weight excluding hydrogens is 252 g/mol. The minimum absolute atomic E-state index is 0.159. The van der Waals surface area contributed by atoms with Crippen LogP contribution in [0.4, 0.5) is 5.82 Å². The highest BCUT2D eigenvalue weighted by Gasteiger charge is 2.28. The van der Waals surface area contributed by atoms with Gasteiger partial charge in [0.15, 0.2) is 0 Å². The van der Waals surface area contributed by atoms with Gasteiger partial charge >= 0.3 is 0 Å². The molecule has 6 heteroatoms. The summed E-state index contributed by atoms with van der Waals surface area (Å²) in [4.78, 5) is 19.8. The van der Waals surface area contributed by atoms with E-state index in [2.05, 4.69) is 20.6 Å². The summed E-state index contributed by atoms with van der Waals surface area (Å²) in [5.41, 5.74) is 0. The molecule has 2 N–H and O–H groups in total. The van der Waals surface area contributed by atoms with E-state index in [1.807, 2.05) is 6.92 Å². The topological polar surface area (TPSA) is 66.9 Å². The maximum Gasteiger partial charge on any atom is 0.223 e. The number of halogens is 1. The lowest BCUT2D eigenvalue weighted by Gasteiger charge is -2.08. The third-order valence-electron chi connectivity index (χ3n) is 2.74. The second kappa shape index (κ2) is 6.00. The number of amides is 1. The van der Waals surface area contributed by atoms with Crippen molar-refractivity contribution in [2.24, 2.45) is 5.92 Å². The van der Waals surface area contributed by atoms with Gasteiger partial charge in [0.1, 0.15) is 16.8 Å². The van der Waals surface area contributed by atoms with Crippen LogP contribution < -0.4 is 10.6 Å². The van der Waals surface area contributed by atoms with Crippen LogP contribution in [0.1, 0.15) is 25.6 Å². The summed E-state index contributed by atoms with van der Waals surface area (Å²) >= 11 is 5.88. The van der Waals surface area contributed by atoms with Gasteiger partial charge in [-0.2, -0.15) is 0 Å². The van der Waals surface area contributed by atoms with Crippen LogP contribution in [0.3, 0.4) is 0 Å². The number of anilines is 1. The van der Waals surface area contributed by atoms with Crippen molar-refractivity contribution in [3.05, 3.63) is 17.0 Å². The Kier molecular flexibility index (Phi) is 4.36. The van der Waals surface area contributed by atoms with Gasteiger partial charge in [-0.15, -0.1) is 0 Å². The lowest BCUT2D eigenvalue weighted by atomic mass is 10.4. The number of carbonyl (C=O) groups is 1. The van der Waals surface area contributed by atoms with Crippen molar-refractivity contribution in [1.29, 1.82) is 0 Å². The van der Waals surface area contributed by atoms with Gasteiger partial charge in [-0.25, -0.2) is 9.97 Å². The monoisotopic (exact) mass is 268 g/mol. The van der Waals surface area contributed by atoms with Gasteiger partial charge in [0.2, 0.25) is 5.91 Å². The first-order valence-electron chi connectivity index (χ1n) is 6.24. The molecule has 1 heterocycles. The maximum atomic E-state index is 11.4. The molecule has 0 spiro atoms. The second-order valence-corrected chi connectivity index (χ2v) is 4.73. The molecule has 1 aliphatic rings. The Morgan fingerprint density at radius 1 is 1.44 bits per heavy atom. The van der Waals surface area contributed by atoms with Crippen molar-refractivity contribution >= 4 is 23.3 Å². The predicted octanol–water partition coefficient (Wildman–Crippen LogP) is 1.63. The average Bonchev–Trinajstić information content (AvgIpc) is 3.17. The van der Waals surface area contributed by atoms with Gasteiger partial charge in [-0.05, 0) is 12.8 Å². The molecule has 1 amide bonds. The van der Waals surface area contributed by atoms with Crippen molar-refractivity contribution in [2.75, 3.05) is 18.4 Å². The number of aryl methyl sites for hydroxylation is 1. The minimum Gasteiger partial charge on any atom is -0.368 e. The van der Waals surface area contributed by atoms with Crippen LogP contribution in [0, 0.1) is 5.92 Å². The van der Waals surface area contributed by atoms with Gasteiger partial charge in [0, 0.05) is 31.5 Å². The quantitative estimate of drug-likeness (QED) is 0.608. The smallest absolute Gasteiger partial charge is 0.223 e. The molecule has 0 aromatic carbocycles.